The lowest BCUT2D eigenvalue weighted by Crippen LogP contribution is -2.40. The van der Waals surface area contributed by atoms with E-state index >= 15 is 0 Å². The number of carbonyl (C=O) groups excluding carboxylic acids is 2. The zero-order valence-corrected chi connectivity index (χ0v) is 19.2. The largest absolute Gasteiger partial charge is 0.460 e. The van der Waals surface area contributed by atoms with Gasteiger partial charge in [0.2, 0.25) is 5.91 Å². The number of anilines is 1. The first-order chi connectivity index (χ1) is 16.6. The summed E-state index contributed by atoms with van der Waals surface area (Å²) in [6, 6.07) is 10.4. The van der Waals surface area contributed by atoms with Crippen LogP contribution in [0.1, 0.15) is 18.1 Å². The number of carbonyl (C=O) groups is 2. The number of ether oxygens (including phenoxy) is 1. The van der Waals surface area contributed by atoms with Crippen molar-refractivity contribution in [3.8, 4) is 0 Å². The Labute approximate surface area is 201 Å². The van der Waals surface area contributed by atoms with Crippen LogP contribution >= 0.6 is 11.3 Å². The maximum absolute atomic E-state index is 12.4. The second kappa shape index (κ2) is 11.2. The van der Waals surface area contributed by atoms with Crippen LogP contribution in [0.5, 0.6) is 0 Å². The van der Waals surface area contributed by atoms with Crippen molar-refractivity contribution in [2.24, 2.45) is 5.41 Å². The van der Waals surface area contributed by atoms with Gasteiger partial charge in [0.25, 0.3) is 10.2 Å². The standard InChI is InChI=1S/C21H20N4O9S/c1-21(12-33-24(28)29,13-34-25(30)31)20(27)32-11-15-4-2-14(3-5-15)8-18(26)23-19-9-16-6-7-22-10-17(16)35-19/h2-7,9-10H,8,11-13H2,1H3,(H,23,26). The van der Waals surface area contributed by atoms with Crippen LogP contribution in [0.2, 0.25) is 0 Å². The Morgan fingerprint density at radius 1 is 1.06 bits per heavy atom. The molecule has 35 heavy (non-hydrogen) atoms. The predicted octanol–water partition coefficient (Wildman–Crippen LogP) is 2.94. The van der Waals surface area contributed by atoms with Gasteiger partial charge in [0.1, 0.15) is 25.2 Å². The predicted molar refractivity (Wildman–Crippen MR) is 122 cm³/mol. The Kier molecular flexibility index (Phi) is 8.09. The summed E-state index contributed by atoms with van der Waals surface area (Å²) in [6.45, 7) is -0.571. The summed E-state index contributed by atoms with van der Waals surface area (Å²) < 4.78 is 6.12. The molecule has 0 aliphatic rings. The molecule has 0 aliphatic carbocycles. The Hall–Kier alpha value is -4.33. The number of nitrogens with zero attached hydrogens (tertiary/aromatic N) is 3. The average Bonchev–Trinajstić information content (AvgIpc) is 3.22. The summed E-state index contributed by atoms with van der Waals surface area (Å²) in [5.74, 6) is -1.17. The van der Waals surface area contributed by atoms with E-state index in [4.69, 9.17) is 4.74 Å². The van der Waals surface area contributed by atoms with Gasteiger partial charge in [0, 0.05) is 12.4 Å². The number of esters is 1. The molecule has 13 nitrogen and oxygen atoms in total. The van der Waals surface area contributed by atoms with Crippen molar-refractivity contribution in [3.05, 3.63) is 80.1 Å². The fourth-order valence-corrected chi connectivity index (χ4v) is 3.89. The van der Waals surface area contributed by atoms with Crippen LogP contribution < -0.4 is 5.32 Å². The average molecular weight is 504 g/mol. The summed E-state index contributed by atoms with van der Waals surface area (Å²) in [6.07, 6.45) is 3.54. The maximum Gasteiger partial charge on any atom is 0.316 e. The molecule has 1 N–H and O–H groups in total. The van der Waals surface area contributed by atoms with Gasteiger partial charge in [0.05, 0.1) is 16.1 Å². The van der Waals surface area contributed by atoms with E-state index in [1.54, 1.807) is 36.7 Å². The highest BCUT2D eigenvalue weighted by molar-refractivity contribution is 7.22. The smallest absolute Gasteiger partial charge is 0.316 e. The molecule has 1 amide bonds. The van der Waals surface area contributed by atoms with Crippen molar-refractivity contribution in [1.29, 1.82) is 0 Å². The number of pyridine rings is 1. The molecule has 0 spiro atoms. The molecule has 0 radical (unpaired) electrons. The van der Waals surface area contributed by atoms with Crippen LogP contribution in [0.4, 0.5) is 5.00 Å². The van der Waals surface area contributed by atoms with Gasteiger partial charge in [0.15, 0.2) is 0 Å². The number of rotatable bonds is 12. The molecule has 2 heterocycles. The molecule has 3 rings (SSSR count). The van der Waals surface area contributed by atoms with Gasteiger partial charge >= 0.3 is 5.97 Å². The highest BCUT2D eigenvalue weighted by Crippen LogP contribution is 2.28. The number of benzene rings is 1. The van der Waals surface area contributed by atoms with Gasteiger partial charge in [-0.2, -0.15) is 0 Å². The zero-order valence-electron chi connectivity index (χ0n) is 18.4. The normalized spacial score (nSPS) is 11.0. The lowest BCUT2D eigenvalue weighted by atomic mass is 9.93. The van der Waals surface area contributed by atoms with E-state index < -0.39 is 34.8 Å². The maximum atomic E-state index is 12.4. The molecule has 0 saturated heterocycles. The van der Waals surface area contributed by atoms with E-state index in [-0.39, 0.29) is 18.9 Å². The molecule has 0 aliphatic heterocycles. The summed E-state index contributed by atoms with van der Waals surface area (Å²) >= 11 is 1.42. The lowest BCUT2D eigenvalue weighted by Gasteiger charge is -2.24. The molecular weight excluding hydrogens is 484 g/mol. The number of thiophene rings is 1. The van der Waals surface area contributed by atoms with Gasteiger partial charge in [-0.15, -0.1) is 31.6 Å². The molecule has 0 atom stereocenters. The zero-order chi connectivity index (χ0) is 25.4. The molecule has 14 heteroatoms. The number of aromatic nitrogens is 1. The first-order valence-electron chi connectivity index (χ1n) is 10.1. The highest BCUT2D eigenvalue weighted by atomic mass is 32.1. The summed E-state index contributed by atoms with van der Waals surface area (Å²) in [5.41, 5.74) is -0.475. The second-order valence-electron chi connectivity index (χ2n) is 7.70. The molecule has 0 bridgehead atoms. The van der Waals surface area contributed by atoms with E-state index in [1.165, 1.54) is 18.3 Å². The number of fused-ring (bicyclic) bond motifs is 1. The van der Waals surface area contributed by atoms with Crippen molar-refractivity contribution >= 4 is 38.3 Å². The fraction of sp³-hybridized carbons (Fsp3) is 0.286. The minimum Gasteiger partial charge on any atom is -0.460 e. The van der Waals surface area contributed by atoms with E-state index in [1.807, 2.05) is 12.1 Å². The number of hydrogen-bond donors (Lipinski definition) is 1. The van der Waals surface area contributed by atoms with Crippen LogP contribution in [0.3, 0.4) is 0 Å². The molecule has 184 valence electrons. The molecule has 2 aromatic heterocycles. The Morgan fingerprint density at radius 3 is 2.29 bits per heavy atom. The van der Waals surface area contributed by atoms with Crippen LogP contribution in [0, 0.1) is 25.6 Å². The third-order valence-corrected chi connectivity index (χ3v) is 5.81. The van der Waals surface area contributed by atoms with Crippen LogP contribution in [0.25, 0.3) is 10.1 Å². The second-order valence-corrected chi connectivity index (χ2v) is 8.78. The van der Waals surface area contributed by atoms with Crippen LogP contribution in [-0.4, -0.2) is 40.2 Å². The molecule has 0 unspecified atom stereocenters. The quantitative estimate of drug-likeness (QED) is 0.219. The van der Waals surface area contributed by atoms with E-state index in [0.29, 0.717) is 10.6 Å². The minimum atomic E-state index is -1.78. The van der Waals surface area contributed by atoms with Gasteiger partial charge in [-0.05, 0) is 35.6 Å². The first-order valence-corrected chi connectivity index (χ1v) is 10.9. The van der Waals surface area contributed by atoms with Crippen molar-refractivity contribution < 1.29 is 34.2 Å². The number of amides is 1. The van der Waals surface area contributed by atoms with Gasteiger partial charge < -0.3 is 19.7 Å². The molecule has 1 aromatic carbocycles. The third-order valence-electron chi connectivity index (χ3n) is 4.81. The summed E-state index contributed by atoms with van der Waals surface area (Å²) in [4.78, 5) is 58.2. The third kappa shape index (κ3) is 7.33. The Bertz CT molecular complexity index is 1180. The van der Waals surface area contributed by atoms with Crippen molar-refractivity contribution in [1.82, 2.24) is 4.98 Å². The summed E-state index contributed by atoms with van der Waals surface area (Å²) in [7, 11) is 0. The van der Waals surface area contributed by atoms with Crippen molar-refractivity contribution in [2.75, 3.05) is 18.5 Å². The van der Waals surface area contributed by atoms with Crippen LogP contribution in [0.15, 0.2) is 48.8 Å². The van der Waals surface area contributed by atoms with Crippen LogP contribution in [-0.2, 0) is 37.0 Å². The first kappa shape index (κ1) is 25.3. The van der Waals surface area contributed by atoms with E-state index in [0.717, 1.165) is 15.6 Å². The van der Waals surface area contributed by atoms with Crippen molar-refractivity contribution in [3.63, 3.8) is 0 Å². The monoisotopic (exact) mass is 504 g/mol. The molecule has 0 fully saturated rings. The van der Waals surface area contributed by atoms with Crippen molar-refractivity contribution in [2.45, 2.75) is 20.0 Å². The molecule has 3 aromatic rings. The Morgan fingerprint density at radius 2 is 1.69 bits per heavy atom. The number of hydrogen-bond acceptors (Lipinski definition) is 11. The van der Waals surface area contributed by atoms with Gasteiger partial charge in [-0.1, -0.05) is 24.3 Å². The fourth-order valence-electron chi connectivity index (χ4n) is 2.94. The topological polar surface area (TPSA) is 173 Å². The SMILES string of the molecule is CC(CO[N+](=O)[O-])(CO[N+](=O)[O-])C(=O)OCc1ccc(CC(=O)Nc2cc3ccncc3s2)cc1. The van der Waals surface area contributed by atoms with E-state index in [2.05, 4.69) is 20.0 Å². The van der Waals surface area contributed by atoms with Gasteiger partial charge in [-0.25, -0.2) is 0 Å². The molecular formula is C21H20N4O9S. The molecule has 0 saturated carbocycles. The Balaban J connectivity index is 1.53. The van der Waals surface area contributed by atoms with E-state index in [9.17, 15) is 29.8 Å². The minimum absolute atomic E-state index is 0.126. The lowest BCUT2D eigenvalue weighted by molar-refractivity contribution is -0.770. The van der Waals surface area contributed by atoms with Gasteiger partial charge in [-0.3, -0.25) is 14.6 Å². The number of nitrogens with one attached hydrogen (secondary N) is 1. The highest BCUT2D eigenvalue weighted by Gasteiger charge is 2.38. The summed E-state index contributed by atoms with van der Waals surface area (Å²) in [5, 5.41) is 23.2.